The van der Waals surface area contributed by atoms with Gasteiger partial charge in [-0.15, -0.1) is 0 Å². The molecule has 1 aromatic heterocycles. The number of halogens is 1. The van der Waals surface area contributed by atoms with E-state index in [-0.39, 0.29) is 0 Å². The molecule has 0 spiro atoms. The molecule has 0 amide bonds. The van der Waals surface area contributed by atoms with Crippen LogP contribution in [-0.2, 0) is 13.5 Å². The van der Waals surface area contributed by atoms with Crippen molar-refractivity contribution in [1.29, 1.82) is 0 Å². The van der Waals surface area contributed by atoms with Crippen LogP contribution in [0.25, 0.3) is 0 Å². The topological polar surface area (TPSA) is 34.9 Å². The normalized spacial score (nSPS) is 10.4. The Balaban J connectivity index is 2.23. The van der Waals surface area contributed by atoms with Gasteiger partial charge in [-0.2, -0.15) is 5.10 Å². The van der Waals surface area contributed by atoms with Crippen molar-refractivity contribution < 1.29 is 4.79 Å². The monoisotopic (exact) mass is 278 g/mol. The summed E-state index contributed by atoms with van der Waals surface area (Å²) in [5.41, 5.74) is 2.68. The fraction of sp³-hybridized carbons (Fsp3) is 0.167. The summed E-state index contributed by atoms with van der Waals surface area (Å²) in [6, 6.07) is 9.88. The quantitative estimate of drug-likeness (QED) is 0.809. The Morgan fingerprint density at radius 1 is 1.44 bits per heavy atom. The van der Waals surface area contributed by atoms with Crippen molar-refractivity contribution >= 4 is 22.2 Å². The summed E-state index contributed by atoms with van der Waals surface area (Å²) in [4.78, 5) is 10.7. The van der Waals surface area contributed by atoms with Crippen molar-refractivity contribution in [2.45, 2.75) is 6.42 Å². The molecule has 1 heterocycles. The molecule has 1 aromatic carbocycles. The van der Waals surface area contributed by atoms with Gasteiger partial charge in [-0.05, 0) is 23.8 Å². The second-order valence-electron chi connectivity index (χ2n) is 3.61. The highest BCUT2D eigenvalue weighted by Crippen LogP contribution is 2.14. The first kappa shape index (κ1) is 11.1. The van der Waals surface area contributed by atoms with Crippen LogP contribution < -0.4 is 0 Å². The molecule has 0 saturated heterocycles. The number of carbonyl (C=O) groups is 1. The van der Waals surface area contributed by atoms with E-state index in [1.165, 1.54) is 5.56 Å². The van der Waals surface area contributed by atoms with Crippen LogP contribution in [0.3, 0.4) is 0 Å². The fourth-order valence-electron chi connectivity index (χ4n) is 1.60. The van der Waals surface area contributed by atoms with Crippen molar-refractivity contribution in [2.24, 2.45) is 7.05 Å². The third-order valence-corrected chi connectivity index (χ3v) is 2.85. The molecule has 0 fully saturated rings. The molecule has 0 N–H and O–H groups in total. The molecule has 0 saturated carbocycles. The Kier molecular flexibility index (Phi) is 3.19. The first-order valence-corrected chi connectivity index (χ1v) is 5.71. The molecule has 0 aliphatic heterocycles. The number of hydrogen-bond donors (Lipinski definition) is 0. The zero-order valence-corrected chi connectivity index (χ0v) is 10.4. The van der Waals surface area contributed by atoms with Gasteiger partial charge in [0, 0.05) is 17.9 Å². The van der Waals surface area contributed by atoms with E-state index in [2.05, 4.69) is 27.1 Å². The highest BCUT2D eigenvalue weighted by atomic mass is 79.9. The van der Waals surface area contributed by atoms with Gasteiger partial charge in [0.1, 0.15) is 5.69 Å². The van der Waals surface area contributed by atoms with Gasteiger partial charge >= 0.3 is 0 Å². The summed E-state index contributed by atoms with van der Waals surface area (Å²) in [7, 11) is 1.77. The van der Waals surface area contributed by atoms with Crippen LogP contribution in [0.1, 0.15) is 21.7 Å². The molecule has 16 heavy (non-hydrogen) atoms. The number of nitrogens with zero attached hydrogens (tertiary/aromatic N) is 2. The third kappa shape index (κ3) is 2.39. The van der Waals surface area contributed by atoms with Crippen molar-refractivity contribution in [2.75, 3.05) is 0 Å². The zero-order valence-electron chi connectivity index (χ0n) is 8.85. The first-order chi connectivity index (χ1) is 7.69. The van der Waals surface area contributed by atoms with Gasteiger partial charge in [0.25, 0.3) is 0 Å². The number of hydrogen-bond acceptors (Lipinski definition) is 2. The first-order valence-electron chi connectivity index (χ1n) is 4.91. The number of aldehydes is 1. The van der Waals surface area contributed by atoms with Gasteiger partial charge < -0.3 is 0 Å². The summed E-state index contributed by atoms with van der Waals surface area (Å²) < 4.78 is 2.65. The van der Waals surface area contributed by atoms with E-state index >= 15 is 0 Å². The van der Waals surface area contributed by atoms with E-state index in [9.17, 15) is 4.79 Å². The molecule has 0 bridgehead atoms. The van der Waals surface area contributed by atoms with Crippen LogP contribution in [0, 0.1) is 0 Å². The highest BCUT2D eigenvalue weighted by Gasteiger charge is 2.04. The molecule has 0 atom stereocenters. The van der Waals surface area contributed by atoms with Crippen molar-refractivity contribution in [3.8, 4) is 0 Å². The molecule has 0 aliphatic rings. The van der Waals surface area contributed by atoms with Crippen molar-refractivity contribution in [3.05, 3.63) is 51.8 Å². The van der Waals surface area contributed by atoms with Crippen LogP contribution in [0.2, 0.25) is 0 Å². The molecular formula is C12H11BrN2O. The number of benzene rings is 1. The van der Waals surface area contributed by atoms with Crippen LogP contribution in [-0.4, -0.2) is 16.1 Å². The second-order valence-corrected chi connectivity index (χ2v) is 4.52. The maximum Gasteiger partial charge on any atom is 0.168 e. The molecule has 4 heteroatoms. The largest absolute Gasteiger partial charge is 0.296 e. The predicted octanol–water partition coefficient (Wildman–Crippen LogP) is 2.59. The molecular weight excluding hydrogens is 268 g/mol. The molecule has 0 aliphatic carbocycles. The smallest absolute Gasteiger partial charge is 0.168 e. The second kappa shape index (κ2) is 4.61. The number of rotatable bonds is 3. The SMILES string of the molecule is Cn1nc(Cc2cccc(Br)c2)cc1C=O. The maximum atomic E-state index is 10.7. The van der Waals surface area contributed by atoms with Crippen LogP contribution in [0.15, 0.2) is 34.8 Å². The van der Waals surface area contributed by atoms with Crippen molar-refractivity contribution in [3.63, 3.8) is 0 Å². The van der Waals surface area contributed by atoms with E-state index in [0.717, 1.165) is 22.9 Å². The van der Waals surface area contributed by atoms with Gasteiger partial charge in [0.05, 0.1) is 5.69 Å². The van der Waals surface area contributed by atoms with Gasteiger partial charge in [-0.3, -0.25) is 9.48 Å². The van der Waals surface area contributed by atoms with Gasteiger partial charge in [0.15, 0.2) is 6.29 Å². The van der Waals surface area contributed by atoms with Crippen molar-refractivity contribution in [1.82, 2.24) is 9.78 Å². The Morgan fingerprint density at radius 2 is 2.25 bits per heavy atom. The molecule has 3 nitrogen and oxygen atoms in total. The van der Waals surface area contributed by atoms with E-state index in [1.807, 2.05) is 24.3 Å². The zero-order chi connectivity index (χ0) is 11.5. The number of aromatic nitrogens is 2. The van der Waals surface area contributed by atoms with Gasteiger partial charge in [0.2, 0.25) is 0 Å². The summed E-state index contributed by atoms with van der Waals surface area (Å²) in [5.74, 6) is 0. The Morgan fingerprint density at radius 3 is 2.88 bits per heavy atom. The minimum absolute atomic E-state index is 0.602. The van der Waals surface area contributed by atoms with Crippen LogP contribution in [0.4, 0.5) is 0 Å². The highest BCUT2D eigenvalue weighted by molar-refractivity contribution is 9.10. The summed E-state index contributed by atoms with van der Waals surface area (Å²) in [6.45, 7) is 0. The molecule has 2 aromatic rings. The summed E-state index contributed by atoms with van der Waals surface area (Å²) in [6.07, 6.45) is 1.55. The lowest BCUT2D eigenvalue weighted by Crippen LogP contribution is -1.96. The Bertz CT molecular complexity index is 519. The van der Waals surface area contributed by atoms with Crippen LogP contribution in [0.5, 0.6) is 0 Å². The average molecular weight is 279 g/mol. The van der Waals surface area contributed by atoms with Gasteiger partial charge in [-0.25, -0.2) is 0 Å². The van der Waals surface area contributed by atoms with Crippen LogP contribution >= 0.6 is 15.9 Å². The Hall–Kier alpha value is -1.42. The van der Waals surface area contributed by atoms with E-state index < -0.39 is 0 Å². The summed E-state index contributed by atoms with van der Waals surface area (Å²) in [5, 5.41) is 4.28. The minimum atomic E-state index is 0.602. The molecule has 2 rings (SSSR count). The van der Waals surface area contributed by atoms with Gasteiger partial charge in [-0.1, -0.05) is 28.1 Å². The lowest BCUT2D eigenvalue weighted by molar-refractivity contribution is 0.111. The minimum Gasteiger partial charge on any atom is -0.296 e. The lowest BCUT2D eigenvalue weighted by atomic mass is 10.1. The molecule has 0 unspecified atom stereocenters. The average Bonchev–Trinajstić information content (AvgIpc) is 2.58. The summed E-state index contributed by atoms with van der Waals surface area (Å²) >= 11 is 3.43. The Labute approximate surface area is 102 Å². The molecule has 82 valence electrons. The predicted molar refractivity (Wildman–Crippen MR) is 65.5 cm³/mol. The van der Waals surface area contributed by atoms with E-state index in [4.69, 9.17) is 0 Å². The molecule has 0 radical (unpaired) electrons. The fourth-order valence-corrected chi connectivity index (χ4v) is 2.04. The third-order valence-electron chi connectivity index (χ3n) is 2.36. The number of aryl methyl sites for hydroxylation is 1. The van der Waals surface area contributed by atoms with E-state index in [0.29, 0.717) is 5.69 Å². The number of carbonyl (C=O) groups excluding carboxylic acids is 1. The maximum absolute atomic E-state index is 10.7. The standard InChI is InChI=1S/C12H11BrN2O/c1-15-12(8-16)7-11(14-15)6-9-3-2-4-10(13)5-9/h2-5,7-8H,6H2,1H3. The van der Waals surface area contributed by atoms with E-state index in [1.54, 1.807) is 11.7 Å². The lowest BCUT2D eigenvalue weighted by Gasteiger charge is -1.98.